The number of carbonyl (C=O) groups is 1. The quantitative estimate of drug-likeness (QED) is 0.594. The predicted molar refractivity (Wildman–Crippen MR) is 88.9 cm³/mol. The Balaban J connectivity index is 2.15. The Labute approximate surface area is 131 Å². The van der Waals surface area contributed by atoms with Crippen LogP contribution in [-0.2, 0) is 11.3 Å². The lowest BCUT2D eigenvalue weighted by Gasteiger charge is -1.99. The lowest BCUT2D eigenvalue weighted by Crippen LogP contribution is -2.21. The number of aromatic nitrogens is 1. The molecule has 21 heavy (non-hydrogen) atoms. The van der Waals surface area contributed by atoms with Crippen LogP contribution in [0.1, 0.15) is 17.4 Å². The molecule has 0 saturated heterocycles. The highest BCUT2D eigenvalue weighted by atomic mass is 32.1. The molecule has 2 aromatic rings. The average Bonchev–Trinajstić information content (AvgIpc) is 3.03. The molecule has 2 aromatic heterocycles. The second-order valence-electron chi connectivity index (χ2n) is 4.40. The first-order valence-electron chi connectivity index (χ1n) is 6.28. The van der Waals surface area contributed by atoms with Gasteiger partial charge in [0.25, 0.3) is 0 Å². The van der Waals surface area contributed by atoms with E-state index in [9.17, 15) is 4.79 Å². The Bertz CT molecular complexity index is 674. The highest BCUT2D eigenvalue weighted by Gasteiger charge is 2.11. The Hall–Kier alpha value is -1.93. The zero-order valence-corrected chi connectivity index (χ0v) is 13.7. The van der Waals surface area contributed by atoms with Gasteiger partial charge in [0.2, 0.25) is 5.91 Å². The van der Waals surface area contributed by atoms with E-state index in [2.05, 4.69) is 26.7 Å². The molecule has 0 aliphatic carbocycles. The van der Waals surface area contributed by atoms with Crippen LogP contribution in [0.5, 0.6) is 0 Å². The van der Waals surface area contributed by atoms with E-state index in [0.29, 0.717) is 17.6 Å². The van der Waals surface area contributed by atoms with Crippen molar-refractivity contribution >= 4 is 39.7 Å². The summed E-state index contributed by atoms with van der Waals surface area (Å²) in [4.78, 5) is 21.5. The molecule has 8 heteroatoms. The molecule has 2 rings (SSSR count). The number of nitrogens with zero attached hydrogens (tertiary/aromatic N) is 2. The molecule has 0 atom stereocenters. The number of anilines is 1. The molecule has 0 fully saturated rings. The number of nitrogens with two attached hydrogens (primary N) is 1. The average molecular weight is 323 g/mol. The summed E-state index contributed by atoms with van der Waals surface area (Å²) in [5.41, 5.74) is 7.67. The van der Waals surface area contributed by atoms with E-state index in [1.807, 2.05) is 12.3 Å². The van der Waals surface area contributed by atoms with Crippen molar-refractivity contribution in [1.29, 1.82) is 0 Å². The van der Waals surface area contributed by atoms with Crippen molar-refractivity contribution in [2.45, 2.75) is 20.4 Å². The summed E-state index contributed by atoms with van der Waals surface area (Å²) in [7, 11) is 1.62. The predicted octanol–water partition coefficient (Wildman–Crippen LogP) is 2.17. The Morgan fingerprint density at radius 2 is 2.29 bits per heavy atom. The molecule has 0 saturated carbocycles. The number of rotatable bonds is 4. The molecule has 0 bridgehead atoms. The second kappa shape index (κ2) is 6.68. The number of thiazole rings is 1. The summed E-state index contributed by atoms with van der Waals surface area (Å²) in [5.74, 6) is 0.309. The number of hydrogen-bond acceptors (Lipinski definition) is 5. The summed E-state index contributed by atoms with van der Waals surface area (Å²) < 4.78 is 0. The molecule has 0 radical (unpaired) electrons. The van der Waals surface area contributed by atoms with Crippen LogP contribution < -0.4 is 16.4 Å². The van der Waals surface area contributed by atoms with E-state index in [0.717, 1.165) is 21.0 Å². The number of carbonyl (C=O) groups excluding carboxylic acids is 1. The highest BCUT2D eigenvalue weighted by Crippen LogP contribution is 2.33. The van der Waals surface area contributed by atoms with Crippen LogP contribution in [0, 0.1) is 6.92 Å². The smallest absolute Gasteiger partial charge is 0.217 e. The maximum absolute atomic E-state index is 11.0. The second-order valence-corrected chi connectivity index (χ2v) is 6.39. The summed E-state index contributed by atoms with van der Waals surface area (Å²) in [5, 5.41) is 8.42. The minimum Gasteiger partial charge on any atom is -0.370 e. The van der Waals surface area contributed by atoms with Crippen molar-refractivity contribution in [2.75, 3.05) is 12.4 Å². The van der Waals surface area contributed by atoms with E-state index in [1.54, 1.807) is 18.4 Å². The molecule has 6 nitrogen and oxygen atoms in total. The molecular formula is C13H17N5OS2. The van der Waals surface area contributed by atoms with Crippen LogP contribution in [-0.4, -0.2) is 23.9 Å². The van der Waals surface area contributed by atoms with E-state index >= 15 is 0 Å². The van der Waals surface area contributed by atoms with Crippen molar-refractivity contribution in [2.24, 2.45) is 10.7 Å². The normalized spacial score (nSPS) is 11.5. The van der Waals surface area contributed by atoms with Crippen LogP contribution >= 0.6 is 22.7 Å². The van der Waals surface area contributed by atoms with Gasteiger partial charge in [-0.25, -0.2) is 4.98 Å². The monoisotopic (exact) mass is 323 g/mol. The number of guanidine groups is 1. The standard InChI is InChI=1S/C13H17N5OS2/c1-7-4-10(21-11(7)5-16-8(2)19)9-6-20-13(17-9)18-12(14)15-3/h4,6H,5H2,1-3H3,(H,16,19)(H3,14,15,17,18). The maximum Gasteiger partial charge on any atom is 0.217 e. The maximum atomic E-state index is 11.0. The first kappa shape index (κ1) is 15.5. The van der Waals surface area contributed by atoms with Crippen LogP contribution in [0.15, 0.2) is 16.4 Å². The molecule has 112 valence electrons. The van der Waals surface area contributed by atoms with Gasteiger partial charge in [-0.15, -0.1) is 22.7 Å². The van der Waals surface area contributed by atoms with Gasteiger partial charge in [-0.1, -0.05) is 0 Å². The molecule has 0 unspecified atom stereocenters. The van der Waals surface area contributed by atoms with E-state index in [4.69, 9.17) is 5.73 Å². The van der Waals surface area contributed by atoms with Gasteiger partial charge in [0.05, 0.1) is 17.1 Å². The summed E-state index contributed by atoms with van der Waals surface area (Å²) in [6, 6.07) is 2.08. The van der Waals surface area contributed by atoms with Crippen molar-refractivity contribution in [3.8, 4) is 10.6 Å². The molecule has 0 aliphatic rings. The van der Waals surface area contributed by atoms with Crippen molar-refractivity contribution in [3.63, 3.8) is 0 Å². The van der Waals surface area contributed by atoms with Gasteiger partial charge in [0.15, 0.2) is 11.1 Å². The van der Waals surface area contributed by atoms with Gasteiger partial charge in [0, 0.05) is 24.2 Å². The number of thiophene rings is 1. The Kier molecular flexibility index (Phi) is 4.92. The minimum atomic E-state index is -0.0289. The summed E-state index contributed by atoms with van der Waals surface area (Å²) in [6.45, 7) is 4.10. The molecular weight excluding hydrogens is 306 g/mol. The van der Waals surface area contributed by atoms with Crippen LogP contribution in [0.3, 0.4) is 0 Å². The largest absolute Gasteiger partial charge is 0.370 e. The fourth-order valence-corrected chi connectivity index (χ4v) is 3.50. The summed E-state index contributed by atoms with van der Waals surface area (Å²) >= 11 is 3.11. The van der Waals surface area contributed by atoms with Gasteiger partial charge in [-0.2, -0.15) is 0 Å². The highest BCUT2D eigenvalue weighted by molar-refractivity contribution is 7.17. The van der Waals surface area contributed by atoms with Gasteiger partial charge in [-0.3, -0.25) is 9.79 Å². The van der Waals surface area contributed by atoms with E-state index in [1.165, 1.54) is 18.3 Å². The topological polar surface area (TPSA) is 92.4 Å². The van der Waals surface area contributed by atoms with Gasteiger partial charge >= 0.3 is 0 Å². The third kappa shape index (κ3) is 4.02. The fourth-order valence-electron chi connectivity index (χ4n) is 1.64. The number of nitrogens with one attached hydrogen (secondary N) is 2. The van der Waals surface area contributed by atoms with E-state index in [-0.39, 0.29) is 5.91 Å². The van der Waals surface area contributed by atoms with Gasteiger partial charge in [0.1, 0.15) is 0 Å². The van der Waals surface area contributed by atoms with Crippen molar-refractivity contribution in [1.82, 2.24) is 10.3 Å². The van der Waals surface area contributed by atoms with Crippen LogP contribution in [0.2, 0.25) is 0 Å². The van der Waals surface area contributed by atoms with Crippen LogP contribution in [0.25, 0.3) is 10.6 Å². The molecule has 0 aromatic carbocycles. The number of hydrogen-bond donors (Lipinski definition) is 3. The summed E-state index contributed by atoms with van der Waals surface area (Å²) in [6.07, 6.45) is 0. The lowest BCUT2D eigenvalue weighted by atomic mass is 10.2. The third-order valence-electron chi connectivity index (χ3n) is 2.75. The number of aliphatic imine (C=N–C) groups is 1. The lowest BCUT2D eigenvalue weighted by molar-refractivity contribution is -0.119. The molecule has 1 amide bonds. The van der Waals surface area contributed by atoms with E-state index < -0.39 is 0 Å². The number of amides is 1. The van der Waals surface area contributed by atoms with Crippen LogP contribution in [0.4, 0.5) is 5.13 Å². The SMILES string of the molecule is CN=C(N)Nc1nc(-c2cc(C)c(CNC(C)=O)s2)cs1. The Morgan fingerprint density at radius 3 is 2.95 bits per heavy atom. The molecule has 0 aliphatic heterocycles. The van der Waals surface area contributed by atoms with Gasteiger partial charge in [-0.05, 0) is 18.6 Å². The first-order chi connectivity index (χ1) is 9.99. The molecule has 4 N–H and O–H groups in total. The fraction of sp³-hybridized carbons (Fsp3) is 0.308. The molecule has 2 heterocycles. The van der Waals surface area contributed by atoms with Gasteiger partial charge < -0.3 is 16.4 Å². The number of aryl methyl sites for hydroxylation is 1. The third-order valence-corrected chi connectivity index (χ3v) is 4.77. The zero-order chi connectivity index (χ0) is 15.4. The van der Waals surface area contributed by atoms with Crippen molar-refractivity contribution in [3.05, 3.63) is 21.9 Å². The zero-order valence-electron chi connectivity index (χ0n) is 12.1. The first-order valence-corrected chi connectivity index (χ1v) is 7.98. The minimum absolute atomic E-state index is 0.0289. The molecule has 0 spiro atoms. The van der Waals surface area contributed by atoms with Crippen molar-refractivity contribution < 1.29 is 4.79 Å². The Morgan fingerprint density at radius 1 is 1.52 bits per heavy atom.